The second-order valence-electron chi connectivity index (χ2n) is 6.41. The quantitative estimate of drug-likeness (QED) is 0.833. The number of carbonyl (C=O) groups excluding carboxylic acids is 1. The summed E-state index contributed by atoms with van der Waals surface area (Å²) >= 11 is 0. The van der Waals surface area contributed by atoms with Crippen molar-refractivity contribution in [3.05, 3.63) is 53.9 Å². The smallest absolute Gasteiger partial charge is 0.275 e. The van der Waals surface area contributed by atoms with Crippen molar-refractivity contribution in [3.63, 3.8) is 0 Å². The molecular weight excluding hydrogens is 302 g/mol. The number of ether oxygens (including phenoxy) is 1. The molecule has 1 aliphatic heterocycles. The van der Waals surface area contributed by atoms with Crippen LogP contribution in [0.3, 0.4) is 0 Å². The largest absolute Gasteiger partial charge is 0.496 e. The van der Waals surface area contributed by atoms with Gasteiger partial charge in [0.2, 0.25) is 0 Å². The predicted octanol–water partition coefficient (Wildman–Crippen LogP) is 1.07. The van der Waals surface area contributed by atoms with E-state index in [1.165, 1.54) is 17.0 Å². The minimum atomic E-state index is 0.0945. The third-order valence-electron chi connectivity index (χ3n) is 4.88. The molecule has 1 fully saturated rings. The molecule has 0 bridgehead atoms. The Morgan fingerprint density at radius 2 is 2.17 bits per heavy atom. The van der Waals surface area contributed by atoms with Gasteiger partial charge in [-0.1, -0.05) is 18.2 Å². The van der Waals surface area contributed by atoms with Gasteiger partial charge < -0.3 is 19.5 Å². The number of methoxy groups -OCH3 is 1. The highest BCUT2D eigenvalue weighted by Crippen LogP contribution is 2.19. The van der Waals surface area contributed by atoms with E-state index in [2.05, 4.69) is 35.3 Å². The van der Waals surface area contributed by atoms with Crippen molar-refractivity contribution in [1.29, 1.82) is 0 Å². The molecule has 0 saturated carbocycles. The van der Waals surface area contributed by atoms with Crippen LogP contribution in [0.25, 0.3) is 0 Å². The van der Waals surface area contributed by atoms with Crippen LogP contribution in [0.15, 0.2) is 42.6 Å². The standard InChI is InChI=1S/C19H25N3O2/c1-21-11-5-8-16(21)17-9-6-12-22(17)14-19(23)20-13-15-7-3-4-10-18(15)24-2/h3-5,7-8,10-11,17H,6,9,12-14H2,1-2H3,(H,20,23)/p+1/t17-/m0/s1. The summed E-state index contributed by atoms with van der Waals surface area (Å²) in [6.07, 6.45) is 4.39. The van der Waals surface area contributed by atoms with Crippen LogP contribution >= 0.6 is 0 Å². The highest BCUT2D eigenvalue weighted by atomic mass is 16.5. The lowest BCUT2D eigenvalue weighted by Gasteiger charge is -2.21. The number of likely N-dealkylation sites (tertiary alicyclic amines) is 1. The maximum Gasteiger partial charge on any atom is 0.275 e. The molecule has 2 N–H and O–H groups in total. The number of quaternary nitrogens is 1. The second-order valence-corrected chi connectivity index (χ2v) is 6.41. The van der Waals surface area contributed by atoms with Gasteiger partial charge >= 0.3 is 0 Å². The van der Waals surface area contributed by atoms with Crippen molar-refractivity contribution >= 4 is 5.91 Å². The first kappa shape index (κ1) is 16.6. The lowest BCUT2D eigenvalue weighted by atomic mass is 10.1. The Bertz CT molecular complexity index is 695. The van der Waals surface area contributed by atoms with E-state index >= 15 is 0 Å². The predicted molar refractivity (Wildman–Crippen MR) is 92.9 cm³/mol. The van der Waals surface area contributed by atoms with Crippen LogP contribution in [0.4, 0.5) is 0 Å². The van der Waals surface area contributed by atoms with E-state index in [1.54, 1.807) is 7.11 Å². The van der Waals surface area contributed by atoms with Crippen molar-refractivity contribution in [2.24, 2.45) is 7.05 Å². The Balaban J connectivity index is 1.57. The molecule has 5 heteroatoms. The van der Waals surface area contributed by atoms with E-state index in [-0.39, 0.29) is 5.91 Å². The van der Waals surface area contributed by atoms with Gasteiger partial charge in [0.1, 0.15) is 11.8 Å². The van der Waals surface area contributed by atoms with E-state index in [0.717, 1.165) is 24.3 Å². The summed E-state index contributed by atoms with van der Waals surface area (Å²) in [5, 5.41) is 3.03. The van der Waals surface area contributed by atoms with Crippen LogP contribution in [0.5, 0.6) is 5.75 Å². The van der Waals surface area contributed by atoms with Gasteiger partial charge in [-0.2, -0.15) is 0 Å². The van der Waals surface area contributed by atoms with Crippen LogP contribution in [0.2, 0.25) is 0 Å². The van der Waals surface area contributed by atoms with E-state index < -0.39 is 0 Å². The Morgan fingerprint density at radius 1 is 1.33 bits per heavy atom. The number of para-hydroxylation sites is 1. The maximum atomic E-state index is 12.4. The van der Waals surface area contributed by atoms with Crippen molar-refractivity contribution < 1.29 is 14.4 Å². The zero-order valence-electron chi connectivity index (χ0n) is 14.4. The Kier molecular flexibility index (Phi) is 5.20. The molecule has 24 heavy (non-hydrogen) atoms. The van der Waals surface area contributed by atoms with Crippen LogP contribution in [0.1, 0.15) is 30.1 Å². The Labute approximate surface area is 143 Å². The summed E-state index contributed by atoms with van der Waals surface area (Å²) in [5.74, 6) is 0.907. The second kappa shape index (κ2) is 7.53. The molecule has 128 valence electrons. The Morgan fingerprint density at radius 3 is 2.92 bits per heavy atom. The highest BCUT2D eigenvalue weighted by Gasteiger charge is 2.32. The normalized spacial score (nSPS) is 20.1. The molecule has 1 aromatic heterocycles. The first-order valence-electron chi connectivity index (χ1n) is 8.53. The number of nitrogens with zero attached hydrogens (tertiary/aromatic N) is 1. The summed E-state index contributed by atoms with van der Waals surface area (Å²) < 4.78 is 7.50. The topological polar surface area (TPSA) is 47.7 Å². The molecule has 2 aromatic rings. The maximum absolute atomic E-state index is 12.4. The van der Waals surface area contributed by atoms with Crippen molar-refractivity contribution in [2.75, 3.05) is 20.2 Å². The number of hydrogen-bond donors (Lipinski definition) is 2. The fraction of sp³-hybridized carbons (Fsp3) is 0.421. The number of nitrogens with one attached hydrogen (secondary N) is 2. The third kappa shape index (κ3) is 3.62. The van der Waals surface area contributed by atoms with E-state index in [9.17, 15) is 4.79 Å². The molecule has 1 amide bonds. The lowest BCUT2D eigenvalue weighted by Crippen LogP contribution is -3.11. The SMILES string of the molecule is COc1ccccc1CNC(=O)C[NH+]1CCC[C@H]1c1cccn1C. The number of aryl methyl sites for hydroxylation is 1. The lowest BCUT2D eigenvalue weighted by molar-refractivity contribution is -0.911. The van der Waals surface area contributed by atoms with Crippen molar-refractivity contribution in [3.8, 4) is 5.75 Å². The number of carbonyl (C=O) groups is 1. The monoisotopic (exact) mass is 328 g/mol. The van der Waals surface area contributed by atoms with Gasteiger partial charge in [0.05, 0.1) is 19.3 Å². The first-order chi connectivity index (χ1) is 11.7. The summed E-state index contributed by atoms with van der Waals surface area (Å²) in [5.41, 5.74) is 2.32. The van der Waals surface area contributed by atoms with E-state index in [1.807, 2.05) is 24.3 Å². The first-order valence-corrected chi connectivity index (χ1v) is 8.53. The number of amides is 1. The number of hydrogen-bond acceptors (Lipinski definition) is 2. The molecule has 5 nitrogen and oxygen atoms in total. The molecular formula is C19H26N3O2+. The molecule has 0 spiro atoms. The average molecular weight is 328 g/mol. The number of aromatic nitrogens is 1. The molecule has 1 saturated heterocycles. The molecule has 2 heterocycles. The van der Waals surface area contributed by atoms with Crippen molar-refractivity contribution in [2.45, 2.75) is 25.4 Å². The van der Waals surface area contributed by atoms with Gasteiger partial charge in [0.15, 0.2) is 6.54 Å². The summed E-state index contributed by atoms with van der Waals surface area (Å²) in [7, 11) is 3.73. The van der Waals surface area contributed by atoms with Crippen LogP contribution in [-0.4, -0.2) is 30.7 Å². The number of rotatable bonds is 6. The molecule has 3 rings (SSSR count). The number of benzene rings is 1. The minimum Gasteiger partial charge on any atom is -0.496 e. The fourth-order valence-corrected chi connectivity index (χ4v) is 3.63. The highest BCUT2D eigenvalue weighted by molar-refractivity contribution is 5.76. The summed E-state index contributed by atoms with van der Waals surface area (Å²) in [6, 6.07) is 12.5. The van der Waals surface area contributed by atoms with Gasteiger partial charge in [-0.05, 0) is 18.2 Å². The third-order valence-corrected chi connectivity index (χ3v) is 4.88. The van der Waals surface area contributed by atoms with E-state index in [0.29, 0.717) is 19.1 Å². The van der Waals surface area contributed by atoms with Gasteiger partial charge in [-0.15, -0.1) is 0 Å². The molecule has 1 aromatic carbocycles. The van der Waals surface area contributed by atoms with Gasteiger partial charge in [-0.25, -0.2) is 0 Å². The summed E-state index contributed by atoms with van der Waals surface area (Å²) in [4.78, 5) is 13.7. The summed E-state index contributed by atoms with van der Waals surface area (Å²) in [6.45, 7) is 2.08. The molecule has 1 aliphatic rings. The van der Waals surface area contributed by atoms with Crippen molar-refractivity contribution in [1.82, 2.24) is 9.88 Å². The fourth-order valence-electron chi connectivity index (χ4n) is 3.63. The Hall–Kier alpha value is -2.27. The van der Waals surface area contributed by atoms with Crippen LogP contribution < -0.4 is 15.0 Å². The van der Waals surface area contributed by atoms with Crippen LogP contribution in [-0.2, 0) is 18.4 Å². The van der Waals surface area contributed by atoms with Crippen LogP contribution in [0, 0.1) is 0 Å². The van der Waals surface area contributed by atoms with Gasteiger partial charge in [-0.3, -0.25) is 4.79 Å². The zero-order valence-corrected chi connectivity index (χ0v) is 14.4. The molecule has 0 aliphatic carbocycles. The van der Waals surface area contributed by atoms with Gasteiger partial charge in [0.25, 0.3) is 5.91 Å². The average Bonchev–Trinajstić information content (AvgIpc) is 3.21. The molecule has 0 radical (unpaired) electrons. The zero-order chi connectivity index (χ0) is 16.9. The minimum absolute atomic E-state index is 0.0945. The van der Waals surface area contributed by atoms with E-state index in [4.69, 9.17) is 4.74 Å². The molecule has 2 atom stereocenters. The van der Waals surface area contributed by atoms with Gasteiger partial charge in [0, 0.05) is 38.2 Å². The molecule has 1 unspecified atom stereocenters.